The summed E-state index contributed by atoms with van der Waals surface area (Å²) < 4.78 is 30.0. The molecule has 6 nitrogen and oxygen atoms in total. The van der Waals surface area contributed by atoms with E-state index in [9.17, 15) is 14.0 Å². The first kappa shape index (κ1) is 19.4. The molecule has 0 radical (unpaired) electrons. The number of hydrogen-bond donors (Lipinski definition) is 0. The molecule has 0 bridgehead atoms. The minimum absolute atomic E-state index is 0.165. The Bertz CT molecular complexity index is 1110. The number of imide groups is 1. The second-order valence-corrected chi connectivity index (χ2v) is 6.57. The standard InChI is InChI=1S/C23H18FNO5/c1-28-19-12-9-15(13-20(19)29-2)23-25(21(26)14-7-10-16(24)11-8-14)22(27)17-5-3-4-6-18(17)30-23/h3-13,23H,1-2H3. The van der Waals surface area contributed by atoms with Crippen molar-refractivity contribution in [2.75, 3.05) is 14.2 Å². The zero-order chi connectivity index (χ0) is 21.3. The van der Waals surface area contributed by atoms with Crippen LogP contribution in [0.4, 0.5) is 4.39 Å². The number of amides is 2. The molecular formula is C23H18FNO5. The number of benzene rings is 3. The van der Waals surface area contributed by atoms with Crippen LogP contribution in [0.25, 0.3) is 0 Å². The Kier molecular flexibility index (Phi) is 5.10. The molecule has 0 N–H and O–H groups in total. The van der Waals surface area contributed by atoms with Crippen molar-refractivity contribution in [1.82, 2.24) is 4.90 Å². The minimum Gasteiger partial charge on any atom is -0.493 e. The maximum absolute atomic E-state index is 13.3. The maximum Gasteiger partial charge on any atom is 0.267 e. The van der Waals surface area contributed by atoms with Gasteiger partial charge in [-0.25, -0.2) is 9.29 Å². The summed E-state index contributed by atoms with van der Waals surface area (Å²) in [7, 11) is 3.00. The number of carbonyl (C=O) groups is 2. The van der Waals surface area contributed by atoms with Crippen LogP contribution >= 0.6 is 0 Å². The molecule has 0 fully saturated rings. The summed E-state index contributed by atoms with van der Waals surface area (Å²) in [5, 5.41) is 0. The molecule has 152 valence electrons. The van der Waals surface area contributed by atoms with Gasteiger partial charge in [0.25, 0.3) is 11.8 Å². The largest absolute Gasteiger partial charge is 0.493 e. The van der Waals surface area contributed by atoms with E-state index >= 15 is 0 Å². The van der Waals surface area contributed by atoms with Crippen LogP contribution in [0.15, 0.2) is 66.7 Å². The molecule has 30 heavy (non-hydrogen) atoms. The fraction of sp³-hybridized carbons (Fsp3) is 0.130. The van der Waals surface area contributed by atoms with Gasteiger partial charge < -0.3 is 14.2 Å². The van der Waals surface area contributed by atoms with Crippen molar-refractivity contribution >= 4 is 11.8 Å². The van der Waals surface area contributed by atoms with Gasteiger partial charge in [0.05, 0.1) is 19.8 Å². The molecule has 0 aromatic heterocycles. The number of ether oxygens (including phenoxy) is 3. The highest BCUT2D eigenvalue weighted by Gasteiger charge is 2.39. The van der Waals surface area contributed by atoms with Gasteiger partial charge in [-0.05, 0) is 54.6 Å². The van der Waals surface area contributed by atoms with Gasteiger partial charge in [0.2, 0.25) is 6.23 Å². The predicted octanol–water partition coefficient (Wildman–Crippen LogP) is 4.22. The van der Waals surface area contributed by atoms with E-state index in [0.29, 0.717) is 22.8 Å². The predicted molar refractivity (Wildman–Crippen MR) is 106 cm³/mol. The van der Waals surface area contributed by atoms with E-state index in [-0.39, 0.29) is 11.1 Å². The van der Waals surface area contributed by atoms with Crippen LogP contribution in [0.3, 0.4) is 0 Å². The van der Waals surface area contributed by atoms with Gasteiger partial charge in [0, 0.05) is 11.1 Å². The molecule has 7 heteroatoms. The van der Waals surface area contributed by atoms with Crippen molar-refractivity contribution in [1.29, 1.82) is 0 Å². The van der Waals surface area contributed by atoms with Crippen LogP contribution in [-0.4, -0.2) is 30.9 Å². The van der Waals surface area contributed by atoms with Crippen LogP contribution in [0.1, 0.15) is 32.5 Å². The molecule has 0 aliphatic carbocycles. The Hall–Kier alpha value is -3.87. The number of hydrogen-bond acceptors (Lipinski definition) is 5. The first-order valence-corrected chi connectivity index (χ1v) is 9.14. The Balaban J connectivity index is 1.82. The van der Waals surface area contributed by atoms with Gasteiger partial charge in [-0.15, -0.1) is 0 Å². The van der Waals surface area contributed by atoms with Crippen molar-refractivity contribution in [3.05, 3.63) is 89.2 Å². The average molecular weight is 407 g/mol. The lowest BCUT2D eigenvalue weighted by Gasteiger charge is -2.35. The van der Waals surface area contributed by atoms with Crippen LogP contribution in [0.2, 0.25) is 0 Å². The fourth-order valence-corrected chi connectivity index (χ4v) is 3.31. The summed E-state index contributed by atoms with van der Waals surface area (Å²) in [6, 6.07) is 16.7. The first-order chi connectivity index (χ1) is 14.5. The monoisotopic (exact) mass is 407 g/mol. The number of rotatable bonds is 4. The summed E-state index contributed by atoms with van der Waals surface area (Å²) in [5.41, 5.74) is 0.953. The van der Waals surface area contributed by atoms with Crippen molar-refractivity contribution < 1.29 is 28.2 Å². The molecule has 0 saturated carbocycles. The van der Waals surface area contributed by atoms with Gasteiger partial charge in [-0.2, -0.15) is 0 Å². The molecule has 4 rings (SSSR count). The number of nitrogens with zero attached hydrogens (tertiary/aromatic N) is 1. The molecular weight excluding hydrogens is 389 g/mol. The molecule has 1 heterocycles. The smallest absolute Gasteiger partial charge is 0.267 e. The lowest BCUT2D eigenvalue weighted by Crippen LogP contribution is -2.45. The highest BCUT2D eigenvalue weighted by molar-refractivity contribution is 6.12. The molecule has 1 aliphatic rings. The molecule has 1 atom stereocenters. The van der Waals surface area contributed by atoms with Crippen molar-refractivity contribution in [3.63, 3.8) is 0 Å². The van der Waals surface area contributed by atoms with E-state index in [1.807, 2.05) is 0 Å². The van der Waals surface area contributed by atoms with E-state index in [1.165, 1.54) is 38.5 Å². The molecule has 2 amide bonds. The van der Waals surface area contributed by atoms with Crippen LogP contribution < -0.4 is 14.2 Å². The zero-order valence-electron chi connectivity index (χ0n) is 16.3. The highest BCUT2D eigenvalue weighted by atomic mass is 19.1. The number of methoxy groups -OCH3 is 2. The van der Waals surface area contributed by atoms with Crippen molar-refractivity contribution in [2.24, 2.45) is 0 Å². The highest BCUT2D eigenvalue weighted by Crippen LogP contribution is 2.38. The number of carbonyl (C=O) groups excluding carboxylic acids is 2. The third-order valence-electron chi connectivity index (χ3n) is 4.81. The average Bonchev–Trinajstić information content (AvgIpc) is 2.78. The van der Waals surface area contributed by atoms with Gasteiger partial charge in [-0.1, -0.05) is 12.1 Å². The Morgan fingerprint density at radius 2 is 1.67 bits per heavy atom. The third kappa shape index (κ3) is 3.34. The number of fused-ring (bicyclic) bond motifs is 1. The van der Waals surface area contributed by atoms with E-state index in [1.54, 1.807) is 42.5 Å². The topological polar surface area (TPSA) is 65.1 Å². The molecule has 3 aromatic carbocycles. The Morgan fingerprint density at radius 3 is 2.37 bits per heavy atom. The molecule has 3 aromatic rings. The van der Waals surface area contributed by atoms with Gasteiger partial charge in [0.15, 0.2) is 11.5 Å². The Labute approximate surface area is 172 Å². The molecule has 1 unspecified atom stereocenters. The van der Waals surface area contributed by atoms with Gasteiger partial charge in [-0.3, -0.25) is 9.59 Å². The van der Waals surface area contributed by atoms with Crippen LogP contribution in [-0.2, 0) is 0 Å². The lowest BCUT2D eigenvalue weighted by molar-refractivity contribution is 0.0107. The van der Waals surface area contributed by atoms with Crippen molar-refractivity contribution in [2.45, 2.75) is 6.23 Å². The minimum atomic E-state index is -1.04. The summed E-state index contributed by atoms with van der Waals surface area (Å²) in [5.74, 6) is -0.292. The van der Waals surface area contributed by atoms with E-state index in [2.05, 4.69) is 0 Å². The second-order valence-electron chi connectivity index (χ2n) is 6.57. The summed E-state index contributed by atoms with van der Waals surface area (Å²) >= 11 is 0. The Morgan fingerprint density at radius 1 is 0.967 bits per heavy atom. The fourth-order valence-electron chi connectivity index (χ4n) is 3.31. The van der Waals surface area contributed by atoms with E-state index < -0.39 is 23.9 Å². The van der Waals surface area contributed by atoms with Gasteiger partial charge in [0.1, 0.15) is 11.6 Å². The van der Waals surface area contributed by atoms with Crippen LogP contribution in [0.5, 0.6) is 17.2 Å². The summed E-state index contributed by atoms with van der Waals surface area (Å²) in [6.07, 6.45) is -1.04. The number of halogens is 1. The van der Waals surface area contributed by atoms with Crippen molar-refractivity contribution in [3.8, 4) is 17.2 Å². The molecule has 1 aliphatic heterocycles. The summed E-state index contributed by atoms with van der Waals surface area (Å²) in [6.45, 7) is 0. The lowest BCUT2D eigenvalue weighted by atomic mass is 10.0. The van der Waals surface area contributed by atoms with Crippen LogP contribution in [0, 0.1) is 5.82 Å². The normalized spacial score (nSPS) is 15.2. The molecule has 0 saturated heterocycles. The second kappa shape index (κ2) is 7.87. The number of para-hydroxylation sites is 1. The SMILES string of the molecule is COc1ccc(C2Oc3ccccc3C(=O)N2C(=O)c2ccc(F)cc2)cc1OC. The maximum atomic E-state index is 13.3. The van der Waals surface area contributed by atoms with E-state index in [0.717, 1.165) is 4.90 Å². The zero-order valence-corrected chi connectivity index (χ0v) is 16.3. The first-order valence-electron chi connectivity index (χ1n) is 9.14. The quantitative estimate of drug-likeness (QED) is 0.606. The third-order valence-corrected chi connectivity index (χ3v) is 4.81. The molecule has 0 spiro atoms. The summed E-state index contributed by atoms with van der Waals surface area (Å²) in [4.78, 5) is 27.5. The van der Waals surface area contributed by atoms with E-state index in [4.69, 9.17) is 14.2 Å². The van der Waals surface area contributed by atoms with Gasteiger partial charge >= 0.3 is 0 Å².